The number of para-hydroxylation sites is 2. The first-order valence-corrected chi connectivity index (χ1v) is 8.77. The van der Waals surface area contributed by atoms with E-state index in [-0.39, 0.29) is 12.6 Å². The second kappa shape index (κ2) is 8.55. The van der Waals surface area contributed by atoms with Crippen LogP contribution >= 0.6 is 0 Å². The molecule has 0 radical (unpaired) electrons. The molecule has 8 heteroatoms. The lowest BCUT2D eigenvalue weighted by atomic mass is 9.96. The number of rotatable bonds is 4. The average Bonchev–Trinajstić information content (AvgIpc) is 2.66. The number of imide groups is 1. The first-order chi connectivity index (χ1) is 12.6. The van der Waals surface area contributed by atoms with Crippen LogP contribution in [0.5, 0.6) is 11.5 Å². The largest absolute Gasteiger partial charge is 0.485 e. The van der Waals surface area contributed by atoms with E-state index in [1.54, 1.807) is 24.3 Å². The Morgan fingerprint density at radius 1 is 1.08 bits per heavy atom. The Morgan fingerprint density at radius 3 is 2.58 bits per heavy atom. The SMILES string of the molecule is O=C(COC(=O)[C@@H]1COc2ccccc2O1)NC(=O)NC1CCCCC1. The Kier molecular flexibility index (Phi) is 5.93. The number of ether oxygens (including phenoxy) is 3. The van der Waals surface area contributed by atoms with Gasteiger partial charge in [0.1, 0.15) is 6.61 Å². The zero-order chi connectivity index (χ0) is 18.4. The van der Waals surface area contributed by atoms with E-state index in [1.165, 1.54) is 6.42 Å². The molecular weight excluding hydrogens is 340 g/mol. The highest BCUT2D eigenvalue weighted by molar-refractivity contribution is 5.95. The van der Waals surface area contributed by atoms with Crippen LogP contribution in [0.2, 0.25) is 0 Å². The molecule has 1 aromatic rings. The molecule has 8 nitrogen and oxygen atoms in total. The van der Waals surface area contributed by atoms with Gasteiger partial charge in [0.25, 0.3) is 5.91 Å². The highest BCUT2D eigenvalue weighted by Gasteiger charge is 2.29. The normalized spacial score (nSPS) is 19.3. The van der Waals surface area contributed by atoms with Gasteiger partial charge in [-0.3, -0.25) is 10.1 Å². The Bertz CT molecular complexity index is 671. The van der Waals surface area contributed by atoms with Crippen LogP contribution in [0.15, 0.2) is 24.3 Å². The number of nitrogens with one attached hydrogen (secondary N) is 2. The summed E-state index contributed by atoms with van der Waals surface area (Å²) in [6, 6.07) is 6.49. The fourth-order valence-electron chi connectivity index (χ4n) is 3.00. The van der Waals surface area contributed by atoms with Crippen LogP contribution in [0.3, 0.4) is 0 Å². The first kappa shape index (κ1) is 18.0. The topological polar surface area (TPSA) is 103 Å². The summed E-state index contributed by atoms with van der Waals surface area (Å²) in [7, 11) is 0. The summed E-state index contributed by atoms with van der Waals surface area (Å²) in [6.45, 7) is -0.557. The maximum Gasteiger partial charge on any atom is 0.351 e. The summed E-state index contributed by atoms with van der Waals surface area (Å²) in [6.07, 6.45) is 4.20. The van der Waals surface area contributed by atoms with E-state index in [4.69, 9.17) is 14.2 Å². The molecule has 1 saturated carbocycles. The Hall–Kier alpha value is -2.77. The minimum absolute atomic E-state index is 0.000365. The molecule has 0 saturated heterocycles. The lowest BCUT2D eigenvalue weighted by Gasteiger charge is -2.25. The number of hydrogen-bond acceptors (Lipinski definition) is 6. The van der Waals surface area contributed by atoms with Gasteiger partial charge in [0.2, 0.25) is 6.10 Å². The number of hydrogen-bond donors (Lipinski definition) is 2. The molecule has 2 aliphatic rings. The van der Waals surface area contributed by atoms with Crippen LogP contribution in [0.1, 0.15) is 32.1 Å². The highest BCUT2D eigenvalue weighted by atomic mass is 16.6. The van der Waals surface area contributed by atoms with Gasteiger partial charge in [0, 0.05) is 6.04 Å². The fraction of sp³-hybridized carbons (Fsp3) is 0.500. The summed E-state index contributed by atoms with van der Waals surface area (Å²) < 4.78 is 15.8. The molecule has 140 valence electrons. The predicted molar refractivity (Wildman–Crippen MR) is 90.9 cm³/mol. The Morgan fingerprint density at radius 2 is 1.81 bits per heavy atom. The molecule has 26 heavy (non-hydrogen) atoms. The monoisotopic (exact) mass is 362 g/mol. The van der Waals surface area contributed by atoms with Crippen LogP contribution in [-0.2, 0) is 14.3 Å². The van der Waals surface area contributed by atoms with Gasteiger partial charge in [0.15, 0.2) is 18.1 Å². The Balaban J connectivity index is 1.38. The predicted octanol–water partition coefficient (Wildman–Crippen LogP) is 1.53. The molecule has 1 aliphatic carbocycles. The van der Waals surface area contributed by atoms with Crippen molar-refractivity contribution in [3.63, 3.8) is 0 Å². The van der Waals surface area contributed by atoms with Gasteiger partial charge >= 0.3 is 12.0 Å². The number of carbonyl (C=O) groups is 3. The van der Waals surface area contributed by atoms with Gasteiger partial charge in [-0.25, -0.2) is 9.59 Å². The summed E-state index contributed by atoms with van der Waals surface area (Å²) in [4.78, 5) is 35.5. The highest BCUT2D eigenvalue weighted by Crippen LogP contribution is 2.31. The molecule has 0 spiro atoms. The minimum atomic E-state index is -0.950. The molecule has 0 aromatic heterocycles. The van der Waals surface area contributed by atoms with Crippen LogP contribution in [0.25, 0.3) is 0 Å². The second-order valence-corrected chi connectivity index (χ2v) is 6.33. The van der Waals surface area contributed by atoms with E-state index >= 15 is 0 Å². The van der Waals surface area contributed by atoms with Gasteiger partial charge in [-0.05, 0) is 25.0 Å². The zero-order valence-electron chi connectivity index (χ0n) is 14.4. The standard InChI is InChI=1S/C18H22N2O6/c21-16(20-18(23)19-12-6-2-1-3-7-12)11-25-17(22)15-10-24-13-8-4-5-9-14(13)26-15/h4-5,8-9,12,15H,1-3,6-7,10-11H2,(H2,19,20,21,23)/t15-/m0/s1. The molecule has 1 aromatic carbocycles. The van der Waals surface area contributed by atoms with Crippen molar-refractivity contribution < 1.29 is 28.6 Å². The van der Waals surface area contributed by atoms with E-state index in [0.717, 1.165) is 25.7 Å². The lowest BCUT2D eigenvalue weighted by molar-refractivity contribution is -0.157. The Labute approximate surface area is 151 Å². The van der Waals surface area contributed by atoms with E-state index in [0.29, 0.717) is 11.5 Å². The lowest BCUT2D eigenvalue weighted by Crippen LogP contribution is -2.47. The summed E-state index contributed by atoms with van der Waals surface area (Å²) in [5.74, 6) is -0.420. The van der Waals surface area contributed by atoms with Gasteiger partial charge < -0.3 is 19.5 Å². The van der Waals surface area contributed by atoms with E-state index in [9.17, 15) is 14.4 Å². The zero-order valence-corrected chi connectivity index (χ0v) is 14.4. The van der Waals surface area contributed by atoms with E-state index < -0.39 is 30.6 Å². The summed E-state index contributed by atoms with van der Waals surface area (Å²) in [5.41, 5.74) is 0. The molecule has 3 amide bonds. The van der Waals surface area contributed by atoms with Crippen molar-refractivity contribution in [1.29, 1.82) is 0 Å². The molecule has 1 aliphatic heterocycles. The number of esters is 1. The van der Waals surface area contributed by atoms with Crippen LogP contribution in [-0.4, -0.2) is 43.3 Å². The van der Waals surface area contributed by atoms with Crippen molar-refractivity contribution in [3.05, 3.63) is 24.3 Å². The summed E-state index contributed by atoms with van der Waals surface area (Å²) >= 11 is 0. The van der Waals surface area contributed by atoms with Gasteiger partial charge in [0.05, 0.1) is 0 Å². The molecule has 0 unspecified atom stereocenters. The molecule has 3 rings (SSSR count). The van der Waals surface area contributed by atoms with Crippen molar-refractivity contribution in [2.45, 2.75) is 44.2 Å². The number of amides is 3. The van der Waals surface area contributed by atoms with Gasteiger partial charge in [-0.15, -0.1) is 0 Å². The maximum absolute atomic E-state index is 12.0. The van der Waals surface area contributed by atoms with Crippen LogP contribution in [0, 0.1) is 0 Å². The second-order valence-electron chi connectivity index (χ2n) is 6.33. The number of carbonyl (C=O) groups excluding carboxylic acids is 3. The van der Waals surface area contributed by atoms with Crippen LogP contribution in [0.4, 0.5) is 4.79 Å². The van der Waals surface area contributed by atoms with Crippen molar-refractivity contribution in [1.82, 2.24) is 10.6 Å². The molecule has 1 atom stereocenters. The number of benzene rings is 1. The van der Waals surface area contributed by atoms with E-state index in [1.807, 2.05) is 0 Å². The minimum Gasteiger partial charge on any atom is -0.485 e. The smallest absolute Gasteiger partial charge is 0.351 e. The molecule has 2 N–H and O–H groups in total. The van der Waals surface area contributed by atoms with E-state index in [2.05, 4.69) is 10.6 Å². The fourth-order valence-corrected chi connectivity index (χ4v) is 3.00. The van der Waals surface area contributed by atoms with Gasteiger partial charge in [-0.1, -0.05) is 31.4 Å². The molecule has 1 heterocycles. The average molecular weight is 362 g/mol. The number of urea groups is 1. The third-order valence-corrected chi connectivity index (χ3v) is 4.31. The third-order valence-electron chi connectivity index (χ3n) is 4.31. The quantitative estimate of drug-likeness (QED) is 0.788. The maximum atomic E-state index is 12.0. The molecule has 1 fully saturated rings. The number of fused-ring (bicyclic) bond motifs is 1. The van der Waals surface area contributed by atoms with Crippen molar-refractivity contribution in [3.8, 4) is 11.5 Å². The van der Waals surface area contributed by atoms with Crippen molar-refractivity contribution >= 4 is 17.9 Å². The van der Waals surface area contributed by atoms with Crippen molar-refractivity contribution in [2.75, 3.05) is 13.2 Å². The van der Waals surface area contributed by atoms with Crippen molar-refractivity contribution in [2.24, 2.45) is 0 Å². The first-order valence-electron chi connectivity index (χ1n) is 8.77. The van der Waals surface area contributed by atoms with Crippen LogP contribution < -0.4 is 20.1 Å². The molecular formula is C18H22N2O6. The summed E-state index contributed by atoms with van der Waals surface area (Å²) in [5, 5.41) is 4.92. The molecule has 0 bridgehead atoms. The third kappa shape index (κ3) is 4.87. The van der Waals surface area contributed by atoms with Gasteiger partial charge in [-0.2, -0.15) is 0 Å².